The molecule has 0 bridgehead atoms. The summed E-state index contributed by atoms with van der Waals surface area (Å²) in [4.78, 5) is 9.34. The van der Waals surface area contributed by atoms with Crippen molar-refractivity contribution in [3.63, 3.8) is 0 Å². The van der Waals surface area contributed by atoms with E-state index >= 15 is 0 Å². The number of fused-ring (bicyclic) bond motifs is 2. The molecule has 4 nitrogen and oxygen atoms in total. The summed E-state index contributed by atoms with van der Waals surface area (Å²) >= 11 is 0. The molecule has 4 heteroatoms. The van der Waals surface area contributed by atoms with Crippen LogP contribution in [0.25, 0.3) is 16.8 Å². The Morgan fingerprint density at radius 2 is 1.80 bits per heavy atom. The van der Waals surface area contributed by atoms with Crippen molar-refractivity contribution < 1.29 is 0 Å². The van der Waals surface area contributed by atoms with Gasteiger partial charge in [0.25, 0.3) is 0 Å². The van der Waals surface area contributed by atoms with Gasteiger partial charge in [0.05, 0.1) is 0 Å². The van der Waals surface area contributed by atoms with Gasteiger partial charge < -0.3 is 5.73 Å². The van der Waals surface area contributed by atoms with Crippen LogP contribution in [0.15, 0.2) is 67.0 Å². The van der Waals surface area contributed by atoms with Crippen LogP contribution in [-0.2, 0) is 6.42 Å². The Hall–Kier alpha value is -3.14. The van der Waals surface area contributed by atoms with Gasteiger partial charge in [0.15, 0.2) is 0 Å². The maximum atomic E-state index is 6.23. The molecule has 2 heterocycles. The summed E-state index contributed by atoms with van der Waals surface area (Å²) in [5, 5.41) is 0. The minimum absolute atomic E-state index is 0.294. The van der Waals surface area contributed by atoms with Crippen molar-refractivity contribution >= 4 is 11.3 Å². The minimum atomic E-state index is 0.294. The Labute approximate surface area is 146 Å². The molecule has 2 N–H and O–H groups in total. The quantitative estimate of drug-likeness (QED) is 0.604. The number of hydrogen-bond donors (Lipinski definition) is 1. The summed E-state index contributed by atoms with van der Waals surface area (Å²) in [6.07, 6.45) is 5.90. The fraction of sp³-hybridized carbons (Fsp3) is 0.143. The van der Waals surface area contributed by atoms with E-state index in [1.54, 1.807) is 6.20 Å². The topological polar surface area (TPSA) is 56.2 Å². The van der Waals surface area contributed by atoms with Crippen molar-refractivity contribution in [2.75, 3.05) is 5.73 Å². The van der Waals surface area contributed by atoms with Gasteiger partial charge in [-0.1, -0.05) is 54.6 Å². The van der Waals surface area contributed by atoms with E-state index in [2.05, 4.69) is 45.8 Å². The fourth-order valence-electron chi connectivity index (χ4n) is 3.96. The summed E-state index contributed by atoms with van der Waals surface area (Å²) in [5.74, 6) is 1.86. The molecule has 0 fully saturated rings. The molecule has 4 aromatic rings. The fourth-order valence-corrected chi connectivity index (χ4v) is 3.96. The highest BCUT2D eigenvalue weighted by Crippen LogP contribution is 2.40. The molecule has 0 amide bonds. The molecule has 122 valence electrons. The van der Waals surface area contributed by atoms with Crippen LogP contribution in [0.5, 0.6) is 0 Å². The summed E-state index contributed by atoms with van der Waals surface area (Å²) in [6, 6.07) is 18.9. The van der Waals surface area contributed by atoms with Crippen molar-refractivity contribution in [2.24, 2.45) is 0 Å². The van der Waals surface area contributed by atoms with E-state index in [-0.39, 0.29) is 0 Å². The second-order valence-electron chi connectivity index (χ2n) is 6.51. The lowest BCUT2D eigenvalue weighted by Crippen LogP contribution is -2.04. The molecular weight excluding hydrogens is 308 g/mol. The van der Waals surface area contributed by atoms with E-state index in [1.807, 2.05) is 24.4 Å². The summed E-state index contributed by atoms with van der Waals surface area (Å²) in [6.45, 7) is 0. The Morgan fingerprint density at radius 3 is 2.68 bits per heavy atom. The summed E-state index contributed by atoms with van der Waals surface area (Å²) in [5.41, 5.74) is 11.9. The highest BCUT2D eigenvalue weighted by Gasteiger charge is 2.29. The van der Waals surface area contributed by atoms with Crippen LogP contribution < -0.4 is 5.73 Å². The lowest BCUT2D eigenvalue weighted by atomic mass is 10.0. The second kappa shape index (κ2) is 5.45. The van der Waals surface area contributed by atoms with Crippen LogP contribution in [-0.4, -0.2) is 14.4 Å². The van der Waals surface area contributed by atoms with E-state index < -0.39 is 0 Å². The van der Waals surface area contributed by atoms with E-state index in [0.29, 0.717) is 11.7 Å². The van der Waals surface area contributed by atoms with Crippen LogP contribution in [0.1, 0.15) is 29.3 Å². The first kappa shape index (κ1) is 14.2. The van der Waals surface area contributed by atoms with E-state index in [4.69, 9.17) is 10.7 Å². The zero-order valence-corrected chi connectivity index (χ0v) is 13.8. The van der Waals surface area contributed by atoms with E-state index in [9.17, 15) is 0 Å². The zero-order chi connectivity index (χ0) is 16.8. The van der Waals surface area contributed by atoms with Gasteiger partial charge in [-0.3, -0.25) is 4.40 Å². The predicted octanol–water partition coefficient (Wildman–Crippen LogP) is 4.06. The van der Waals surface area contributed by atoms with Crippen LogP contribution in [0.3, 0.4) is 0 Å². The van der Waals surface area contributed by atoms with Crippen molar-refractivity contribution in [2.45, 2.75) is 18.8 Å². The molecule has 1 aliphatic rings. The maximum Gasteiger partial charge on any atom is 0.150 e. The average Bonchev–Trinajstić information content (AvgIpc) is 3.24. The molecule has 1 unspecified atom stereocenters. The molecule has 2 aromatic carbocycles. The Balaban J connectivity index is 1.77. The van der Waals surface area contributed by atoms with Crippen molar-refractivity contribution in [3.05, 3.63) is 83.9 Å². The van der Waals surface area contributed by atoms with E-state index in [0.717, 1.165) is 35.4 Å². The number of nitrogen functional groups attached to an aromatic ring is 1. The molecule has 2 aromatic heterocycles. The van der Waals surface area contributed by atoms with Gasteiger partial charge in [-0.05, 0) is 24.0 Å². The van der Waals surface area contributed by atoms with Gasteiger partial charge in [0.2, 0.25) is 0 Å². The number of aryl methyl sites for hydroxylation is 1. The zero-order valence-electron chi connectivity index (χ0n) is 13.8. The number of imidazole rings is 1. The summed E-state index contributed by atoms with van der Waals surface area (Å²) < 4.78 is 2.12. The third-order valence-electron chi connectivity index (χ3n) is 5.10. The number of rotatable bonds is 2. The van der Waals surface area contributed by atoms with Crippen molar-refractivity contribution in [1.29, 1.82) is 0 Å². The van der Waals surface area contributed by atoms with Gasteiger partial charge in [0, 0.05) is 23.9 Å². The monoisotopic (exact) mass is 326 g/mol. The third kappa shape index (κ3) is 2.14. The molecule has 0 radical (unpaired) electrons. The molecule has 25 heavy (non-hydrogen) atoms. The Bertz CT molecular complexity index is 1070. The first-order valence-electron chi connectivity index (χ1n) is 8.58. The number of benzene rings is 2. The second-order valence-corrected chi connectivity index (χ2v) is 6.51. The van der Waals surface area contributed by atoms with Gasteiger partial charge in [-0.2, -0.15) is 0 Å². The number of nitrogens with zero attached hydrogens (tertiary/aromatic N) is 3. The minimum Gasteiger partial charge on any atom is -0.382 e. The van der Waals surface area contributed by atoms with Crippen LogP contribution >= 0.6 is 0 Å². The smallest absolute Gasteiger partial charge is 0.150 e. The standard InChI is InChI=1S/C21H18N4/c22-20-19-18(15-7-2-1-3-8-15)24-21(25(19)13-12-23-20)17-11-10-14-6-4-5-9-16(14)17/h1-9,12-13,17H,10-11H2,(H2,22,23). The highest BCUT2D eigenvalue weighted by molar-refractivity contribution is 5.85. The van der Waals surface area contributed by atoms with Crippen LogP contribution in [0.2, 0.25) is 0 Å². The SMILES string of the molecule is Nc1nccn2c(C3CCc4ccccc43)nc(-c3ccccc3)c12. The normalized spacial score (nSPS) is 16.2. The molecular formula is C21H18N4. The van der Waals surface area contributed by atoms with Crippen LogP contribution in [0.4, 0.5) is 5.82 Å². The Kier molecular flexibility index (Phi) is 3.10. The molecule has 0 aliphatic heterocycles. The van der Waals surface area contributed by atoms with Gasteiger partial charge in [-0.15, -0.1) is 0 Å². The van der Waals surface area contributed by atoms with Crippen LogP contribution in [0, 0.1) is 0 Å². The van der Waals surface area contributed by atoms with E-state index in [1.165, 1.54) is 11.1 Å². The average molecular weight is 326 g/mol. The number of nitrogens with two attached hydrogens (primary N) is 1. The van der Waals surface area contributed by atoms with Gasteiger partial charge >= 0.3 is 0 Å². The number of aromatic nitrogens is 3. The van der Waals surface area contributed by atoms with Crippen molar-refractivity contribution in [1.82, 2.24) is 14.4 Å². The lowest BCUT2D eigenvalue weighted by molar-refractivity contribution is 0.725. The predicted molar refractivity (Wildman–Crippen MR) is 99.4 cm³/mol. The first-order valence-corrected chi connectivity index (χ1v) is 8.58. The largest absolute Gasteiger partial charge is 0.382 e. The molecule has 1 aliphatic carbocycles. The van der Waals surface area contributed by atoms with Gasteiger partial charge in [-0.25, -0.2) is 9.97 Å². The maximum absolute atomic E-state index is 6.23. The number of hydrogen-bond acceptors (Lipinski definition) is 3. The number of anilines is 1. The molecule has 5 rings (SSSR count). The molecule has 0 spiro atoms. The third-order valence-corrected chi connectivity index (χ3v) is 5.10. The Morgan fingerprint density at radius 1 is 1.00 bits per heavy atom. The highest BCUT2D eigenvalue weighted by atomic mass is 15.1. The van der Waals surface area contributed by atoms with Crippen molar-refractivity contribution in [3.8, 4) is 11.3 Å². The first-order chi connectivity index (χ1) is 12.3. The lowest BCUT2D eigenvalue weighted by Gasteiger charge is -2.10. The molecule has 1 atom stereocenters. The molecule has 0 saturated heterocycles. The van der Waals surface area contributed by atoms with Gasteiger partial charge in [0.1, 0.15) is 22.9 Å². The molecule has 0 saturated carbocycles. The summed E-state index contributed by atoms with van der Waals surface area (Å²) in [7, 11) is 0.